The van der Waals surface area contributed by atoms with Crippen molar-refractivity contribution in [1.29, 1.82) is 0 Å². The Hall–Kier alpha value is -3.02. The lowest BCUT2D eigenvalue weighted by molar-refractivity contribution is -0.121. The molecule has 1 heterocycles. The zero-order valence-electron chi connectivity index (χ0n) is 16.0. The molecule has 6 nitrogen and oxygen atoms in total. The Morgan fingerprint density at radius 3 is 2.50 bits per heavy atom. The van der Waals surface area contributed by atoms with Crippen molar-refractivity contribution in [2.45, 2.75) is 25.7 Å². The molecule has 0 bridgehead atoms. The predicted molar refractivity (Wildman–Crippen MR) is 105 cm³/mol. The second-order valence-corrected chi connectivity index (χ2v) is 6.58. The van der Waals surface area contributed by atoms with Crippen LogP contribution in [0.5, 0.6) is 17.2 Å². The van der Waals surface area contributed by atoms with Crippen molar-refractivity contribution < 1.29 is 23.8 Å². The summed E-state index contributed by atoms with van der Waals surface area (Å²) in [4.78, 5) is 24.3. The smallest absolute Gasteiger partial charge is 0.220 e. The summed E-state index contributed by atoms with van der Waals surface area (Å²) in [7, 11) is 1.64. The second-order valence-electron chi connectivity index (χ2n) is 6.58. The van der Waals surface area contributed by atoms with Crippen LogP contribution in [-0.4, -0.2) is 38.6 Å². The van der Waals surface area contributed by atoms with Crippen LogP contribution < -0.4 is 19.5 Å². The summed E-state index contributed by atoms with van der Waals surface area (Å²) in [6.45, 7) is 1.57. The molecule has 28 heavy (non-hydrogen) atoms. The van der Waals surface area contributed by atoms with E-state index < -0.39 is 0 Å². The molecule has 0 aromatic heterocycles. The van der Waals surface area contributed by atoms with Gasteiger partial charge < -0.3 is 19.5 Å². The molecule has 0 saturated carbocycles. The van der Waals surface area contributed by atoms with E-state index in [0.717, 1.165) is 18.6 Å². The van der Waals surface area contributed by atoms with Crippen molar-refractivity contribution >= 4 is 11.7 Å². The van der Waals surface area contributed by atoms with Crippen LogP contribution in [-0.2, 0) is 11.2 Å². The molecule has 1 amide bonds. The lowest BCUT2D eigenvalue weighted by atomic mass is 10.1. The molecule has 2 aromatic rings. The van der Waals surface area contributed by atoms with Gasteiger partial charge in [-0.25, -0.2) is 0 Å². The van der Waals surface area contributed by atoms with Crippen molar-refractivity contribution in [3.63, 3.8) is 0 Å². The number of hydrogen-bond donors (Lipinski definition) is 1. The first-order chi connectivity index (χ1) is 13.7. The maximum absolute atomic E-state index is 12.3. The standard InChI is InChI=1S/C22H25NO5/c1-26-18-7-4-16(5-8-18)3-2-12-23-22(25)11-9-19(24)17-6-10-20-21(15-17)28-14-13-27-20/h4-8,10,15H,2-3,9,11-14H2,1H3,(H,23,25). The summed E-state index contributed by atoms with van der Waals surface area (Å²) in [6.07, 6.45) is 2.06. The van der Waals surface area contributed by atoms with Gasteiger partial charge >= 0.3 is 0 Å². The quantitative estimate of drug-likeness (QED) is 0.532. The SMILES string of the molecule is COc1ccc(CCCNC(=O)CCC(=O)c2ccc3c(c2)OCCO3)cc1. The van der Waals surface area contributed by atoms with Gasteiger partial charge in [-0.2, -0.15) is 0 Å². The lowest BCUT2D eigenvalue weighted by Gasteiger charge is -2.18. The Labute approximate surface area is 164 Å². The summed E-state index contributed by atoms with van der Waals surface area (Å²) < 4.78 is 16.1. The molecule has 0 fully saturated rings. The van der Waals surface area contributed by atoms with Gasteiger partial charge in [-0.3, -0.25) is 9.59 Å². The fraction of sp³-hybridized carbons (Fsp3) is 0.364. The summed E-state index contributed by atoms with van der Waals surface area (Å²) >= 11 is 0. The fourth-order valence-corrected chi connectivity index (χ4v) is 2.99. The van der Waals surface area contributed by atoms with Crippen LogP contribution in [0.15, 0.2) is 42.5 Å². The number of amides is 1. The second kappa shape index (κ2) is 9.78. The number of ketones is 1. The molecule has 148 valence electrons. The highest BCUT2D eigenvalue weighted by atomic mass is 16.6. The molecule has 0 unspecified atom stereocenters. The molecular weight excluding hydrogens is 358 g/mol. The van der Waals surface area contributed by atoms with E-state index in [1.165, 1.54) is 5.56 Å². The van der Waals surface area contributed by atoms with Gasteiger partial charge in [0.1, 0.15) is 19.0 Å². The number of Topliss-reactive ketones (excluding diaryl/α,β-unsaturated/α-hetero) is 1. The van der Waals surface area contributed by atoms with Gasteiger partial charge in [0.05, 0.1) is 7.11 Å². The Balaban J connectivity index is 1.36. The highest BCUT2D eigenvalue weighted by molar-refractivity contribution is 5.98. The van der Waals surface area contributed by atoms with Crippen LogP contribution in [0, 0.1) is 0 Å². The van der Waals surface area contributed by atoms with Crippen LogP contribution in [0.3, 0.4) is 0 Å². The van der Waals surface area contributed by atoms with E-state index in [1.54, 1.807) is 25.3 Å². The fourth-order valence-electron chi connectivity index (χ4n) is 2.99. The summed E-state index contributed by atoms with van der Waals surface area (Å²) in [6, 6.07) is 13.0. The van der Waals surface area contributed by atoms with Crippen LogP contribution in [0.2, 0.25) is 0 Å². The van der Waals surface area contributed by atoms with Gasteiger partial charge in [0.15, 0.2) is 17.3 Å². The van der Waals surface area contributed by atoms with Crippen molar-refractivity contribution in [2.24, 2.45) is 0 Å². The van der Waals surface area contributed by atoms with Gasteiger partial charge in [0.2, 0.25) is 5.91 Å². The average Bonchev–Trinajstić information content (AvgIpc) is 2.75. The number of carbonyl (C=O) groups is 2. The van der Waals surface area contributed by atoms with E-state index in [4.69, 9.17) is 14.2 Å². The maximum Gasteiger partial charge on any atom is 0.220 e. The number of hydrogen-bond acceptors (Lipinski definition) is 5. The number of nitrogens with one attached hydrogen (secondary N) is 1. The van der Waals surface area contributed by atoms with Gasteiger partial charge in [-0.1, -0.05) is 12.1 Å². The topological polar surface area (TPSA) is 73.9 Å². The Morgan fingerprint density at radius 2 is 1.75 bits per heavy atom. The maximum atomic E-state index is 12.3. The first-order valence-corrected chi connectivity index (χ1v) is 9.48. The first-order valence-electron chi connectivity index (χ1n) is 9.48. The molecule has 0 atom stereocenters. The van der Waals surface area contributed by atoms with Crippen molar-refractivity contribution in [3.05, 3.63) is 53.6 Å². The monoisotopic (exact) mass is 383 g/mol. The van der Waals surface area contributed by atoms with E-state index in [1.807, 2.05) is 24.3 Å². The molecule has 0 aliphatic carbocycles. The van der Waals surface area contributed by atoms with Crippen LogP contribution >= 0.6 is 0 Å². The highest BCUT2D eigenvalue weighted by Crippen LogP contribution is 2.31. The molecule has 0 radical (unpaired) electrons. The molecule has 1 aliphatic heterocycles. The number of carbonyl (C=O) groups excluding carboxylic acids is 2. The largest absolute Gasteiger partial charge is 0.497 e. The Bertz CT molecular complexity index is 816. The number of ether oxygens (including phenoxy) is 3. The molecular formula is C22H25NO5. The molecule has 2 aromatic carbocycles. The summed E-state index contributed by atoms with van der Waals surface area (Å²) in [5, 5.41) is 2.87. The zero-order valence-corrected chi connectivity index (χ0v) is 16.0. The van der Waals surface area contributed by atoms with E-state index in [2.05, 4.69) is 5.32 Å². The number of aryl methyl sites for hydroxylation is 1. The number of rotatable bonds is 9. The van der Waals surface area contributed by atoms with Crippen molar-refractivity contribution in [2.75, 3.05) is 26.9 Å². The molecule has 3 rings (SSSR count). The predicted octanol–water partition coefficient (Wildman–Crippen LogP) is 3.18. The minimum atomic E-state index is -0.111. The molecule has 0 spiro atoms. The average molecular weight is 383 g/mol. The third kappa shape index (κ3) is 5.49. The number of methoxy groups -OCH3 is 1. The Kier molecular flexibility index (Phi) is 6.89. The molecule has 6 heteroatoms. The van der Waals surface area contributed by atoms with E-state index in [9.17, 15) is 9.59 Å². The van der Waals surface area contributed by atoms with E-state index in [0.29, 0.717) is 36.8 Å². The molecule has 0 saturated heterocycles. The van der Waals surface area contributed by atoms with Crippen molar-refractivity contribution in [3.8, 4) is 17.2 Å². The Morgan fingerprint density at radius 1 is 1.00 bits per heavy atom. The highest BCUT2D eigenvalue weighted by Gasteiger charge is 2.15. The van der Waals surface area contributed by atoms with Gasteiger partial charge in [0.25, 0.3) is 0 Å². The minimum Gasteiger partial charge on any atom is -0.497 e. The minimum absolute atomic E-state index is 0.0784. The van der Waals surface area contributed by atoms with Gasteiger partial charge in [0, 0.05) is 24.9 Å². The van der Waals surface area contributed by atoms with E-state index in [-0.39, 0.29) is 24.5 Å². The molecule has 1 N–H and O–H groups in total. The number of benzene rings is 2. The van der Waals surface area contributed by atoms with Crippen LogP contribution in [0.1, 0.15) is 35.2 Å². The lowest BCUT2D eigenvalue weighted by Crippen LogP contribution is -2.25. The van der Waals surface area contributed by atoms with Gasteiger partial charge in [-0.05, 0) is 48.7 Å². The summed E-state index contributed by atoms with van der Waals surface area (Å²) in [5.41, 5.74) is 1.74. The van der Waals surface area contributed by atoms with Crippen LogP contribution in [0.4, 0.5) is 0 Å². The van der Waals surface area contributed by atoms with E-state index >= 15 is 0 Å². The first kappa shape index (κ1) is 19.7. The zero-order chi connectivity index (χ0) is 19.8. The third-order valence-electron chi connectivity index (χ3n) is 4.57. The van der Waals surface area contributed by atoms with Crippen molar-refractivity contribution in [1.82, 2.24) is 5.32 Å². The summed E-state index contributed by atoms with van der Waals surface area (Å²) in [5.74, 6) is 1.88. The number of fused-ring (bicyclic) bond motifs is 1. The normalized spacial score (nSPS) is 12.3. The van der Waals surface area contributed by atoms with Crippen LogP contribution in [0.25, 0.3) is 0 Å². The molecule has 1 aliphatic rings. The van der Waals surface area contributed by atoms with Gasteiger partial charge in [-0.15, -0.1) is 0 Å². The third-order valence-corrected chi connectivity index (χ3v) is 4.57.